The normalized spacial score (nSPS) is 11.7. The number of halogens is 2. The quantitative estimate of drug-likeness (QED) is 0.347. The number of rotatable bonds is 5. The van der Waals surface area contributed by atoms with Gasteiger partial charge in [-0.15, -0.1) is 0 Å². The summed E-state index contributed by atoms with van der Waals surface area (Å²) in [5, 5.41) is 8.80. The van der Waals surface area contributed by atoms with Crippen molar-refractivity contribution in [2.75, 3.05) is 10.7 Å². The molecule has 1 heterocycles. The molecule has 1 aromatic heterocycles. The fraction of sp³-hybridized carbons (Fsp3) is 0.250. The summed E-state index contributed by atoms with van der Waals surface area (Å²) in [5.74, 6) is -0.302. The number of amides is 1. The van der Waals surface area contributed by atoms with Gasteiger partial charge in [0.15, 0.2) is 0 Å². The Labute approximate surface area is 177 Å². The maximum Gasteiger partial charge on any atom is 0.257 e. The van der Waals surface area contributed by atoms with Crippen molar-refractivity contribution in [2.45, 2.75) is 34.1 Å². The molecule has 146 valence electrons. The van der Waals surface area contributed by atoms with Gasteiger partial charge in [0.1, 0.15) is 0 Å². The monoisotopic (exact) mass is 434 g/mol. The van der Waals surface area contributed by atoms with E-state index < -0.39 is 0 Å². The van der Waals surface area contributed by atoms with E-state index >= 15 is 0 Å². The minimum atomic E-state index is -0.302. The number of hydrazone groups is 1. The molecule has 0 saturated carbocycles. The second-order valence-electron chi connectivity index (χ2n) is 6.45. The van der Waals surface area contributed by atoms with E-state index in [9.17, 15) is 4.79 Å². The first-order valence-corrected chi connectivity index (χ1v) is 10.3. The minimum absolute atomic E-state index is 0.302. The standard InChI is InChI=1S/C20H20Cl2N4OS/c1-5-11(3)25-26-20-23-16-8-10(2)17(12(4)18(16)28-20)24-19(27)14-9-13(21)6-7-15(14)22/h6-9H,5H2,1-4H3,(H,23,26)(H,24,27)/b25-11+. The highest BCUT2D eigenvalue weighted by Crippen LogP contribution is 2.35. The first kappa shape index (κ1) is 20.6. The SMILES string of the molecule is CC/C(C)=N/Nc1nc2cc(C)c(NC(=O)c3cc(Cl)ccc3Cl)c(C)c2s1. The molecule has 0 spiro atoms. The fourth-order valence-corrected chi connectivity index (χ4v) is 3.97. The fourth-order valence-electron chi connectivity index (χ4n) is 2.70. The molecule has 0 aliphatic rings. The van der Waals surface area contributed by atoms with Crippen LogP contribution in [0.1, 0.15) is 41.8 Å². The van der Waals surface area contributed by atoms with Crippen LogP contribution in [0.2, 0.25) is 10.0 Å². The van der Waals surface area contributed by atoms with Gasteiger partial charge in [-0.3, -0.25) is 10.2 Å². The Balaban J connectivity index is 1.95. The van der Waals surface area contributed by atoms with E-state index in [0.29, 0.717) is 20.7 Å². The number of hydrogen-bond donors (Lipinski definition) is 2. The van der Waals surface area contributed by atoms with Crippen LogP contribution in [-0.4, -0.2) is 16.6 Å². The van der Waals surface area contributed by atoms with Crippen molar-refractivity contribution in [2.24, 2.45) is 5.10 Å². The Kier molecular flexibility index (Phi) is 6.23. The zero-order valence-electron chi connectivity index (χ0n) is 16.0. The molecule has 0 unspecified atom stereocenters. The summed E-state index contributed by atoms with van der Waals surface area (Å²) < 4.78 is 0.991. The lowest BCUT2D eigenvalue weighted by Gasteiger charge is -2.13. The molecule has 2 aromatic carbocycles. The lowest BCUT2D eigenvalue weighted by molar-refractivity contribution is 0.102. The predicted octanol–water partition coefficient (Wildman–Crippen LogP) is 6.67. The zero-order valence-corrected chi connectivity index (χ0v) is 18.3. The Hall–Kier alpha value is -2.15. The summed E-state index contributed by atoms with van der Waals surface area (Å²) in [6, 6.07) is 6.78. The van der Waals surface area contributed by atoms with Gasteiger partial charge in [0.2, 0.25) is 5.13 Å². The number of carbonyl (C=O) groups excluding carboxylic acids is 1. The van der Waals surface area contributed by atoms with E-state index in [0.717, 1.165) is 39.2 Å². The number of aryl methyl sites for hydroxylation is 2. The van der Waals surface area contributed by atoms with E-state index in [1.807, 2.05) is 33.8 Å². The molecule has 3 rings (SSSR count). The van der Waals surface area contributed by atoms with Crippen LogP contribution in [0.15, 0.2) is 29.4 Å². The van der Waals surface area contributed by atoms with Gasteiger partial charge in [-0.1, -0.05) is 41.5 Å². The van der Waals surface area contributed by atoms with E-state index in [2.05, 4.69) is 20.8 Å². The van der Waals surface area contributed by atoms with Crippen LogP contribution in [0, 0.1) is 13.8 Å². The van der Waals surface area contributed by atoms with Crippen molar-refractivity contribution < 1.29 is 4.79 Å². The Morgan fingerprint density at radius 2 is 2.00 bits per heavy atom. The van der Waals surface area contributed by atoms with Crippen molar-refractivity contribution in [1.29, 1.82) is 0 Å². The summed E-state index contributed by atoms with van der Waals surface area (Å²) in [6.45, 7) is 7.92. The number of aromatic nitrogens is 1. The third-order valence-corrected chi connectivity index (χ3v) is 6.04. The van der Waals surface area contributed by atoms with Crippen molar-refractivity contribution in [1.82, 2.24) is 4.98 Å². The number of nitrogens with one attached hydrogen (secondary N) is 2. The first-order chi connectivity index (χ1) is 13.3. The van der Waals surface area contributed by atoms with Crippen LogP contribution < -0.4 is 10.7 Å². The van der Waals surface area contributed by atoms with Crippen LogP contribution >= 0.6 is 34.5 Å². The zero-order chi connectivity index (χ0) is 20.4. The van der Waals surface area contributed by atoms with E-state index in [4.69, 9.17) is 23.2 Å². The molecule has 5 nitrogen and oxygen atoms in total. The van der Waals surface area contributed by atoms with Crippen LogP contribution in [0.5, 0.6) is 0 Å². The first-order valence-electron chi connectivity index (χ1n) is 8.76. The van der Waals surface area contributed by atoms with Gasteiger partial charge in [-0.25, -0.2) is 4.98 Å². The second-order valence-corrected chi connectivity index (χ2v) is 8.29. The Morgan fingerprint density at radius 3 is 2.71 bits per heavy atom. The molecule has 0 atom stereocenters. The van der Waals surface area contributed by atoms with Gasteiger partial charge in [-0.2, -0.15) is 5.10 Å². The number of benzene rings is 2. The van der Waals surface area contributed by atoms with Crippen LogP contribution in [0.3, 0.4) is 0 Å². The van der Waals surface area contributed by atoms with Gasteiger partial charge in [0.25, 0.3) is 5.91 Å². The molecule has 0 saturated heterocycles. The van der Waals surface area contributed by atoms with Gasteiger partial charge in [-0.05, 0) is 62.6 Å². The highest BCUT2D eigenvalue weighted by molar-refractivity contribution is 7.22. The van der Waals surface area contributed by atoms with Crippen molar-refractivity contribution >= 4 is 67.2 Å². The van der Waals surface area contributed by atoms with Gasteiger partial charge >= 0.3 is 0 Å². The molecule has 0 aliphatic carbocycles. The Morgan fingerprint density at radius 1 is 1.25 bits per heavy atom. The van der Waals surface area contributed by atoms with E-state index in [-0.39, 0.29) is 5.91 Å². The third kappa shape index (κ3) is 4.29. The summed E-state index contributed by atoms with van der Waals surface area (Å²) in [7, 11) is 0. The molecule has 28 heavy (non-hydrogen) atoms. The molecule has 0 aliphatic heterocycles. The molecule has 0 fully saturated rings. The molecule has 1 amide bonds. The smallest absolute Gasteiger partial charge is 0.257 e. The van der Waals surface area contributed by atoms with Gasteiger partial charge < -0.3 is 5.32 Å². The van der Waals surface area contributed by atoms with E-state index in [1.54, 1.807) is 18.2 Å². The summed E-state index contributed by atoms with van der Waals surface area (Å²) in [4.78, 5) is 17.3. The number of hydrogen-bond acceptors (Lipinski definition) is 5. The Bertz CT molecular complexity index is 1090. The summed E-state index contributed by atoms with van der Waals surface area (Å²) in [6.07, 6.45) is 0.873. The summed E-state index contributed by atoms with van der Waals surface area (Å²) in [5.41, 5.74) is 7.82. The highest BCUT2D eigenvalue weighted by atomic mass is 35.5. The van der Waals surface area contributed by atoms with Crippen LogP contribution in [0.4, 0.5) is 10.8 Å². The molecule has 2 N–H and O–H groups in total. The van der Waals surface area contributed by atoms with Crippen LogP contribution in [0.25, 0.3) is 10.2 Å². The van der Waals surface area contributed by atoms with Crippen molar-refractivity contribution in [3.05, 3.63) is 51.0 Å². The number of nitrogens with zero attached hydrogens (tertiary/aromatic N) is 2. The maximum atomic E-state index is 12.7. The average molecular weight is 435 g/mol. The summed E-state index contributed by atoms with van der Waals surface area (Å²) >= 11 is 13.7. The maximum absolute atomic E-state index is 12.7. The third-order valence-electron chi connectivity index (χ3n) is 4.38. The van der Waals surface area contributed by atoms with Crippen molar-refractivity contribution in [3.8, 4) is 0 Å². The minimum Gasteiger partial charge on any atom is -0.321 e. The topological polar surface area (TPSA) is 66.4 Å². The molecular weight excluding hydrogens is 415 g/mol. The molecule has 8 heteroatoms. The highest BCUT2D eigenvalue weighted by Gasteiger charge is 2.17. The van der Waals surface area contributed by atoms with Gasteiger partial charge in [0.05, 0.1) is 20.8 Å². The predicted molar refractivity (Wildman–Crippen MR) is 121 cm³/mol. The lowest BCUT2D eigenvalue weighted by Crippen LogP contribution is -2.14. The van der Waals surface area contributed by atoms with Crippen molar-refractivity contribution in [3.63, 3.8) is 0 Å². The second kappa shape index (κ2) is 8.47. The molecular formula is C20H20Cl2N4OS. The number of anilines is 2. The largest absolute Gasteiger partial charge is 0.321 e. The number of fused-ring (bicyclic) bond motifs is 1. The van der Waals surface area contributed by atoms with Gasteiger partial charge in [0, 0.05) is 16.4 Å². The molecule has 3 aromatic rings. The van der Waals surface area contributed by atoms with Crippen LogP contribution in [-0.2, 0) is 0 Å². The lowest BCUT2D eigenvalue weighted by atomic mass is 10.1. The average Bonchev–Trinajstić information content (AvgIpc) is 3.07. The number of thiazole rings is 1. The molecule has 0 bridgehead atoms. The number of carbonyl (C=O) groups is 1. The molecule has 0 radical (unpaired) electrons. The van der Waals surface area contributed by atoms with E-state index in [1.165, 1.54) is 11.3 Å².